The molecule has 21 heavy (non-hydrogen) atoms. The second kappa shape index (κ2) is 6.50. The molecule has 1 saturated heterocycles. The van der Waals surface area contributed by atoms with E-state index in [0.29, 0.717) is 0 Å². The lowest BCUT2D eigenvalue weighted by molar-refractivity contribution is 0.122. The summed E-state index contributed by atoms with van der Waals surface area (Å²) in [5, 5.41) is 10.5. The van der Waals surface area contributed by atoms with Gasteiger partial charge < -0.3 is 10.0 Å². The van der Waals surface area contributed by atoms with Gasteiger partial charge in [-0.3, -0.25) is 0 Å². The van der Waals surface area contributed by atoms with Crippen molar-refractivity contribution in [1.82, 2.24) is 4.90 Å². The van der Waals surface area contributed by atoms with Crippen LogP contribution in [0.1, 0.15) is 58.3 Å². The molecule has 0 bridgehead atoms. The zero-order valence-electron chi connectivity index (χ0n) is 14.3. The lowest BCUT2D eigenvalue weighted by Crippen LogP contribution is -2.27. The van der Waals surface area contributed by atoms with E-state index in [1.165, 1.54) is 12.0 Å². The standard InChI is InChI=1S/C19H31NO/c1-14(2)16-10-11-20(12-16)13-18(21)15-6-8-17(9-7-15)19(3,4)5/h6-9,14,16,18,21H,10-13H2,1-5H3. The first-order chi connectivity index (χ1) is 9.77. The van der Waals surface area contributed by atoms with Crippen LogP contribution in [0.3, 0.4) is 0 Å². The summed E-state index contributed by atoms with van der Waals surface area (Å²) >= 11 is 0. The number of nitrogens with zero attached hydrogens (tertiary/aromatic N) is 1. The van der Waals surface area contributed by atoms with Gasteiger partial charge in [-0.2, -0.15) is 0 Å². The molecule has 1 fully saturated rings. The number of likely N-dealkylation sites (tertiary alicyclic amines) is 1. The molecule has 1 N–H and O–H groups in total. The highest BCUT2D eigenvalue weighted by molar-refractivity contribution is 5.28. The van der Waals surface area contributed by atoms with Gasteiger partial charge in [0.2, 0.25) is 0 Å². The van der Waals surface area contributed by atoms with Crippen molar-refractivity contribution in [3.63, 3.8) is 0 Å². The third-order valence-electron chi connectivity index (χ3n) is 4.84. The van der Waals surface area contributed by atoms with Crippen LogP contribution in [0.4, 0.5) is 0 Å². The Morgan fingerprint density at radius 1 is 1.19 bits per heavy atom. The lowest BCUT2D eigenvalue weighted by atomic mass is 9.86. The fraction of sp³-hybridized carbons (Fsp3) is 0.684. The van der Waals surface area contributed by atoms with Crippen molar-refractivity contribution in [3.05, 3.63) is 35.4 Å². The lowest BCUT2D eigenvalue weighted by Gasteiger charge is -2.23. The molecule has 1 heterocycles. The van der Waals surface area contributed by atoms with Crippen LogP contribution in [0.2, 0.25) is 0 Å². The number of hydrogen-bond acceptors (Lipinski definition) is 2. The summed E-state index contributed by atoms with van der Waals surface area (Å²) < 4.78 is 0. The van der Waals surface area contributed by atoms with Crippen molar-refractivity contribution in [2.24, 2.45) is 11.8 Å². The predicted octanol–water partition coefficient (Wildman–Crippen LogP) is 4.00. The number of hydrogen-bond donors (Lipinski definition) is 1. The Bertz CT molecular complexity index is 444. The van der Waals surface area contributed by atoms with E-state index in [4.69, 9.17) is 0 Å². The van der Waals surface area contributed by atoms with E-state index in [1.807, 2.05) is 0 Å². The van der Waals surface area contributed by atoms with Crippen LogP contribution in [0.15, 0.2) is 24.3 Å². The molecular formula is C19H31NO. The van der Waals surface area contributed by atoms with Gasteiger partial charge in [-0.25, -0.2) is 0 Å². The summed E-state index contributed by atoms with van der Waals surface area (Å²) in [6, 6.07) is 8.47. The zero-order valence-corrected chi connectivity index (χ0v) is 14.3. The van der Waals surface area contributed by atoms with Gasteiger partial charge in [0, 0.05) is 13.1 Å². The number of rotatable bonds is 4. The molecule has 2 nitrogen and oxygen atoms in total. The van der Waals surface area contributed by atoms with Gasteiger partial charge in [0.1, 0.15) is 0 Å². The molecule has 118 valence electrons. The quantitative estimate of drug-likeness (QED) is 0.906. The summed E-state index contributed by atoms with van der Waals surface area (Å²) in [6.45, 7) is 14.3. The number of aliphatic hydroxyl groups is 1. The molecule has 1 aliphatic heterocycles. The molecule has 2 heteroatoms. The van der Waals surface area contributed by atoms with Crippen LogP contribution in [0, 0.1) is 11.8 Å². The molecule has 2 unspecified atom stereocenters. The highest BCUT2D eigenvalue weighted by Crippen LogP contribution is 2.27. The molecule has 0 aromatic heterocycles. The Hall–Kier alpha value is -0.860. The van der Waals surface area contributed by atoms with Gasteiger partial charge in [-0.1, -0.05) is 58.9 Å². The van der Waals surface area contributed by atoms with Crippen molar-refractivity contribution < 1.29 is 5.11 Å². The highest BCUT2D eigenvalue weighted by atomic mass is 16.3. The zero-order chi connectivity index (χ0) is 15.6. The van der Waals surface area contributed by atoms with Gasteiger partial charge >= 0.3 is 0 Å². The Labute approximate surface area is 130 Å². The fourth-order valence-corrected chi connectivity index (χ4v) is 3.13. The summed E-state index contributed by atoms with van der Waals surface area (Å²) in [7, 11) is 0. The second-order valence-electron chi connectivity index (χ2n) is 7.94. The normalized spacial score (nSPS) is 22.0. The second-order valence-corrected chi connectivity index (χ2v) is 7.94. The van der Waals surface area contributed by atoms with Crippen molar-refractivity contribution in [1.29, 1.82) is 0 Å². The number of β-amino-alcohol motifs (C(OH)–C–C–N with tert-alkyl or cyclic N) is 1. The molecule has 2 rings (SSSR count). The van der Waals surface area contributed by atoms with Crippen LogP contribution in [0.5, 0.6) is 0 Å². The molecule has 0 radical (unpaired) electrons. The Morgan fingerprint density at radius 3 is 2.29 bits per heavy atom. The minimum atomic E-state index is -0.370. The Kier molecular flexibility index (Phi) is 5.11. The fourth-order valence-electron chi connectivity index (χ4n) is 3.13. The summed E-state index contributed by atoms with van der Waals surface area (Å²) in [5.74, 6) is 1.54. The minimum Gasteiger partial charge on any atom is -0.387 e. The van der Waals surface area contributed by atoms with Crippen molar-refractivity contribution in [2.45, 2.75) is 52.6 Å². The largest absolute Gasteiger partial charge is 0.387 e. The maximum Gasteiger partial charge on any atom is 0.0916 e. The summed E-state index contributed by atoms with van der Waals surface area (Å²) in [5.41, 5.74) is 2.53. The first kappa shape index (κ1) is 16.5. The smallest absolute Gasteiger partial charge is 0.0916 e. The first-order valence-corrected chi connectivity index (χ1v) is 8.28. The molecule has 0 saturated carbocycles. The van der Waals surface area contributed by atoms with Crippen LogP contribution in [-0.4, -0.2) is 29.6 Å². The van der Waals surface area contributed by atoms with Gasteiger partial charge in [0.25, 0.3) is 0 Å². The van der Waals surface area contributed by atoms with Gasteiger partial charge in [-0.05, 0) is 41.3 Å². The molecule has 0 spiro atoms. The molecule has 0 aliphatic carbocycles. The van der Waals surface area contributed by atoms with Crippen LogP contribution in [0.25, 0.3) is 0 Å². The molecule has 1 aromatic rings. The van der Waals surface area contributed by atoms with Crippen LogP contribution >= 0.6 is 0 Å². The maximum atomic E-state index is 10.5. The third-order valence-corrected chi connectivity index (χ3v) is 4.84. The van der Waals surface area contributed by atoms with E-state index in [2.05, 4.69) is 63.8 Å². The van der Waals surface area contributed by atoms with E-state index in [0.717, 1.165) is 37.0 Å². The minimum absolute atomic E-state index is 0.170. The SMILES string of the molecule is CC(C)C1CCN(CC(O)c2ccc(C(C)(C)C)cc2)C1. The van der Waals surface area contributed by atoms with Gasteiger partial charge in [0.05, 0.1) is 6.10 Å². The maximum absolute atomic E-state index is 10.5. The summed E-state index contributed by atoms with van der Waals surface area (Å²) in [6.07, 6.45) is 0.901. The molecule has 1 aromatic carbocycles. The Morgan fingerprint density at radius 2 is 1.81 bits per heavy atom. The van der Waals surface area contributed by atoms with Crippen LogP contribution < -0.4 is 0 Å². The monoisotopic (exact) mass is 289 g/mol. The summed E-state index contributed by atoms with van der Waals surface area (Å²) in [4.78, 5) is 2.41. The van der Waals surface area contributed by atoms with Crippen molar-refractivity contribution in [2.75, 3.05) is 19.6 Å². The predicted molar refractivity (Wildman–Crippen MR) is 89.5 cm³/mol. The highest BCUT2D eigenvalue weighted by Gasteiger charge is 2.26. The average molecular weight is 289 g/mol. The van der Waals surface area contributed by atoms with E-state index >= 15 is 0 Å². The number of benzene rings is 1. The molecule has 1 aliphatic rings. The van der Waals surface area contributed by atoms with E-state index < -0.39 is 0 Å². The van der Waals surface area contributed by atoms with Crippen molar-refractivity contribution in [3.8, 4) is 0 Å². The van der Waals surface area contributed by atoms with E-state index in [9.17, 15) is 5.11 Å². The Balaban J connectivity index is 1.93. The number of aliphatic hydroxyl groups excluding tert-OH is 1. The van der Waals surface area contributed by atoms with E-state index in [-0.39, 0.29) is 11.5 Å². The first-order valence-electron chi connectivity index (χ1n) is 8.28. The van der Waals surface area contributed by atoms with Crippen LogP contribution in [-0.2, 0) is 5.41 Å². The average Bonchev–Trinajstić information content (AvgIpc) is 2.86. The third kappa shape index (κ3) is 4.31. The molecule has 2 atom stereocenters. The topological polar surface area (TPSA) is 23.5 Å². The van der Waals surface area contributed by atoms with Gasteiger partial charge in [-0.15, -0.1) is 0 Å². The van der Waals surface area contributed by atoms with Crippen molar-refractivity contribution >= 4 is 0 Å². The molecule has 0 amide bonds. The van der Waals surface area contributed by atoms with E-state index in [1.54, 1.807) is 0 Å². The molecular weight excluding hydrogens is 258 g/mol. The van der Waals surface area contributed by atoms with Gasteiger partial charge in [0.15, 0.2) is 0 Å².